The van der Waals surface area contributed by atoms with Crippen molar-refractivity contribution < 1.29 is 4.42 Å². The van der Waals surface area contributed by atoms with E-state index in [4.69, 9.17) is 4.42 Å². The summed E-state index contributed by atoms with van der Waals surface area (Å²) in [5, 5.41) is 18.9. The highest BCUT2D eigenvalue weighted by molar-refractivity contribution is 7.26. The summed E-state index contributed by atoms with van der Waals surface area (Å²) in [6.45, 7) is 0. The maximum Gasteiger partial charge on any atom is 0.136 e. The minimum Gasteiger partial charge on any atom is -0.456 e. The molecule has 272 valence electrons. The van der Waals surface area contributed by atoms with Gasteiger partial charge in [0.25, 0.3) is 0 Å². The van der Waals surface area contributed by atoms with Crippen molar-refractivity contribution in [3.05, 3.63) is 199 Å². The molecule has 1 aliphatic rings. The van der Waals surface area contributed by atoms with E-state index < -0.39 is 0 Å². The van der Waals surface area contributed by atoms with Crippen LogP contribution in [0.5, 0.6) is 0 Å². The van der Waals surface area contributed by atoms with Crippen LogP contribution in [0.3, 0.4) is 0 Å². The largest absolute Gasteiger partial charge is 0.456 e. The van der Waals surface area contributed by atoms with Crippen molar-refractivity contribution in [3.8, 4) is 16.8 Å². The number of rotatable bonds is 5. The average Bonchev–Trinajstić information content (AvgIpc) is 3.96. The second-order valence-corrected chi connectivity index (χ2v) is 16.1. The van der Waals surface area contributed by atoms with Crippen LogP contribution in [0, 0.1) is 0 Å². The molecular formula is C51H36N4OS. The zero-order valence-corrected chi connectivity index (χ0v) is 31.6. The van der Waals surface area contributed by atoms with E-state index in [-0.39, 0.29) is 18.5 Å². The maximum atomic E-state index is 6.66. The molecule has 57 heavy (non-hydrogen) atoms. The van der Waals surface area contributed by atoms with Gasteiger partial charge in [-0.05, 0) is 76.3 Å². The molecule has 1 fully saturated rings. The average molecular weight is 753 g/mol. The molecule has 11 aromatic rings. The lowest BCUT2D eigenvalue weighted by molar-refractivity contribution is 0.204. The van der Waals surface area contributed by atoms with Crippen molar-refractivity contribution >= 4 is 75.3 Å². The van der Waals surface area contributed by atoms with Crippen molar-refractivity contribution in [1.29, 1.82) is 0 Å². The number of hydrogen-bond donors (Lipinski definition) is 3. The highest BCUT2D eigenvalue weighted by Crippen LogP contribution is 2.43. The Morgan fingerprint density at radius 1 is 0.421 bits per heavy atom. The Morgan fingerprint density at radius 2 is 1.02 bits per heavy atom. The predicted molar refractivity (Wildman–Crippen MR) is 237 cm³/mol. The summed E-state index contributed by atoms with van der Waals surface area (Å²) in [7, 11) is 0. The number of thiophene rings is 1. The monoisotopic (exact) mass is 752 g/mol. The van der Waals surface area contributed by atoms with Gasteiger partial charge in [-0.2, -0.15) is 0 Å². The van der Waals surface area contributed by atoms with Crippen LogP contribution >= 0.6 is 11.3 Å². The number of para-hydroxylation sites is 2. The Morgan fingerprint density at radius 3 is 1.72 bits per heavy atom. The van der Waals surface area contributed by atoms with Gasteiger partial charge in [0.05, 0.1) is 35.2 Å². The molecule has 4 heterocycles. The first-order valence-corrected chi connectivity index (χ1v) is 20.3. The molecule has 1 aliphatic heterocycles. The summed E-state index contributed by atoms with van der Waals surface area (Å²) in [6, 6.07) is 65.4. The first-order valence-electron chi connectivity index (χ1n) is 19.5. The Bertz CT molecular complexity index is 3210. The van der Waals surface area contributed by atoms with Crippen molar-refractivity contribution in [2.75, 3.05) is 0 Å². The number of benzene rings is 8. The molecule has 0 bridgehead atoms. The molecule has 1 saturated heterocycles. The minimum atomic E-state index is -0.131. The standard InChI is InChI=1S/C51H36N4OS/c1-3-13-31(14-4-1)49-52-50(32-15-5-2-6-16-32)54-51(53-49)39-19-11-23-43-47(39)37-27-25-33(29-44(37)56-43)34-26-28-38-46(30-34)57-45-24-12-22-42(48(38)45)55-40-20-9-7-17-35(40)36-18-8-10-21-41(36)55/h1-30,49-54H. The van der Waals surface area contributed by atoms with Gasteiger partial charge in [-0.1, -0.05) is 133 Å². The van der Waals surface area contributed by atoms with Crippen LogP contribution in [0.4, 0.5) is 0 Å². The van der Waals surface area contributed by atoms with Gasteiger partial charge < -0.3 is 8.98 Å². The number of nitrogens with zero attached hydrogens (tertiary/aromatic N) is 1. The molecule has 0 amide bonds. The van der Waals surface area contributed by atoms with Crippen LogP contribution in [0.25, 0.3) is 80.7 Å². The quantitative estimate of drug-likeness (QED) is 0.164. The van der Waals surface area contributed by atoms with Crippen molar-refractivity contribution in [2.45, 2.75) is 18.5 Å². The van der Waals surface area contributed by atoms with E-state index in [9.17, 15) is 0 Å². The van der Waals surface area contributed by atoms with Crippen molar-refractivity contribution in [2.24, 2.45) is 0 Å². The molecule has 0 aliphatic carbocycles. The Kier molecular flexibility index (Phi) is 7.46. The van der Waals surface area contributed by atoms with Gasteiger partial charge >= 0.3 is 0 Å². The number of hydrogen-bond acceptors (Lipinski definition) is 5. The van der Waals surface area contributed by atoms with Gasteiger partial charge in [0.1, 0.15) is 11.2 Å². The summed E-state index contributed by atoms with van der Waals surface area (Å²) in [6.07, 6.45) is -0.234. The molecule has 8 aromatic carbocycles. The fourth-order valence-corrected chi connectivity index (χ4v) is 10.3. The van der Waals surface area contributed by atoms with E-state index in [1.54, 1.807) is 0 Å². The molecule has 3 N–H and O–H groups in total. The van der Waals surface area contributed by atoms with Gasteiger partial charge in [0.15, 0.2) is 0 Å². The van der Waals surface area contributed by atoms with Crippen LogP contribution in [-0.2, 0) is 0 Å². The van der Waals surface area contributed by atoms with Gasteiger partial charge in [0.2, 0.25) is 0 Å². The molecule has 0 saturated carbocycles. The fraction of sp³-hybridized carbons (Fsp3) is 0.0588. The summed E-state index contributed by atoms with van der Waals surface area (Å²) < 4.78 is 11.7. The van der Waals surface area contributed by atoms with E-state index in [0.717, 1.165) is 33.1 Å². The third-order valence-electron chi connectivity index (χ3n) is 11.7. The molecule has 2 unspecified atom stereocenters. The van der Waals surface area contributed by atoms with Crippen LogP contribution in [0.15, 0.2) is 186 Å². The molecule has 6 heteroatoms. The van der Waals surface area contributed by atoms with Crippen LogP contribution in [0.1, 0.15) is 35.2 Å². The predicted octanol–water partition coefficient (Wildman–Crippen LogP) is 12.9. The zero-order valence-electron chi connectivity index (χ0n) is 30.8. The zero-order chi connectivity index (χ0) is 37.5. The van der Waals surface area contributed by atoms with Crippen molar-refractivity contribution in [3.63, 3.8) is 0 Å². The lowest BCUT2D eigenvalue weighted by Crippen LogP contribution is -2.54. The normalized spacial score (nSPS) is 17.4. The van der Waals surface area contributed by atoms with Crippen LogP contribution < -0.4 is 16.0 Å². The first kappa shape index (κ1) is 32.7. The van der Waals surface area contributed by atoms with Gasteiger partial charge in [-0.3, -0.25) is 16.0 Å². The van der Waals surface area contributed by atoms with E-state index in [0.29, 0.717) is 0 Å². The molecule has 0 radical (unpaired) electrons. The summed E-state index contributed by atoms with van der Waals surface area (Å²) in [4.78, 5) is 0. The summed E-state index contributed by atoms with van der Waals surface area (Å²) in [5.41, 5.74) is 11.3. The highest BCUT2D eigenvalue weighted by Gasteiger charge is 2.31. The molecule has 12 rings (SSSR count). The third kappa shape index (κ3) is 5.27. The maximum absolute atomic E-state index is 6.66. The fourth-order valence-electron chi connectivity index (χ4n) is 9.13. The summed E-state index contributed by atoms with van der Waals surface area (Å²) in [5.74, 6) is 0. The van der Waals surface area contributed by atoms with E-state index >= 15 is 0 Å². The molecule has 0 spiro atoms. The number of fused-ring (bicyclic) bond motifs is 9. The minimum absolute atomic E-state index is 0.0513. The summed E-state index contributed by atoms with van der Waals surface area (Å²) >= 11 is 1.86. The Hall–Kier alpha value is -6.54. The van der Waals surface area contributed by atoms with E-state index in [1.807, 2.05) is 11.3 Å². The molecular weight excluding hydrogens is 717 g/mol. The number of aromatic nitrogens is 1. The highest BCUT2D eigenvalue weighted by atomic mass is 32.1. The van der Waals surface area contributed by atoms with E-state index in [1.165, 1.54) is 64.4 Å². The van der Waals surface area contributed by atoms with Gasteiger partial charge in [0, 0.05) is 41.7 Å². The van der Waals surface area contributed by atoms with Gasteiger partial charge in [-0.25, -0.2) is 0 Å². The van der Waals surface area contributed by atoms with Crippen LogP contribution in [-0.4, -0.2) is 4.57 Å². The lowest BCUT2D eigenvalue weighted by Gasteiger charge is -2.39. The van der Waals surface area contributed by atoms with Gasteiger partial charge in [-0.15, -0.1) is 11.3 Å². The topological polar surface area (TPSA) is 54.2 Å². The molecule has 5 nitrogen and oxygen atoms in total. The second kappa shape index (κ2) is 13.0. The smallest absolute Gasteiger partial charge is 0.136 e. The number of nitrogens with one attached hydrogen (secondary N) is 3. The second-order valence-electron chi connectivity index (χ2n) is 15.0. The number of furan rings is 1. The lowest BCUT2D eigenvalue weighted by atomic mass is 9.98. The van der Waals surface area contributed by atoms with E-state index in [2.05, 4.69) is 203 Å². The van der Waals surface area contributed by atoms with Crippen molar-refractivity contribution in [1.82, 2.24) is 20.5 Å². The molecule has 3 aromatic heterocycles. The molecule has 2 atom stereocenters. The third-order valence-corrected chi connectivity index (χ3v) is 12.9. The van der Waals surface area contributed by atoms with Crippen LogP contribution in [0.2, 0.25) is 0 Å². The Labute approximate surface area is 332 Å². The first-order chi connectivity index (χ1) is 28.2. The SMILES string of the molecule is c1ccc(C2NC(c3ccccc3)NC(c3cccc4oc5cc(-c6ccc7c(c6)sc6cccc(-n8c9ccccc9c9ccccc98)c67)ccc5c34)N2)cc1. The Balaban J connectivity index is 0.943.